The number of hydrogen-bond acceptors (Lipinski definition) is 4. The zero-order valence-corrected chi connectivity index (χ0v) is 12.7. The van der Waals surface area contributed by atoms with Crippen LogP contribution in [-0.4, -0.2) is 48.5 Å². The number of anilines is 1. The fraction of sp³-hybridized carbons (Fsp3) is 0.600. The van der Waals surface area contributed by atoms with Crippen LogP contribution in [0.4, 0.5) is 10.2 Å². The molecule has 1 aromatic rings. The van der Waals surface area contributed by atoms with Crippen molar-refractivity contribution in [2.75, 3.05) is 32.0 Å². The Balaban J connectivity index is 2.08. The number of rotatable bonds is 5. The third kappa shape index (κ3) is 4.39. The first-order valence-corrected chi connectivity index (χ1v) is 7.49. The van der Waals surface area contributed by atoms with E-state index in [9.17, 15) is 9.18 Å². The molecular weight excluding hydrogens is 271 g/mol. The maximum atomic E-state index is 13.4. The summed E-state index contributed by atoms with van der Waals surface area (Å²) in [6.07, 6.45) is 4.05. The number of nitrogens with one attached hydrogen (secondary N) is 2. The molecule has 2 rings (SSSR count). The molecule has 1 atom stereocenters. The molecule has 2 heterocycles. The summed E-state index contributed by atoms with van der Waals surface area (Å²) in [4.78, 5) is 18.6. The highest BCUT2D eigenvalue weighted by atomic mass is 19.1. The average molecular weight is 294 g/mol. The SMILES string of the molecule is CCCNc1ncc(F)cc1C(=O)NC1CCCN(C)C1. The molecule has 1 saturated heterocycles. The minimum atomic E-state index is -0.497. The van der Waals surface area contributed by atoms with Crippen LogP contribution in [0.1, 0.15) is 36.5 Å². The minimum absolute atomic E-state index is 0.110. The van der Waals surface area contributed by atoms with Crippen molar-refractivity contribution in [2.24, 2.45) is 0 Å². The lowest BCUT2D eigenvalue weighted by molar-refractivity contribution is 0.0912. The zero-order chi connectivity index (χ0) is 15.2. The second-order valence-corrected chi connectivity index (χ2v) is 5.55. The Hall–Kier alpha value is -1.69. The largest absolute Gasteiger partial charge is 0.369 e. The van der Waals surface area contributed by atoms with Gasteiger partial charge in [0.05, 0.1) is 11.8 Å². The number of carbonyl (C=O) groups excluding carboxylic acids is 1. The number of hydrogen-bond donors (Lipinski definition) is 2. The van der Waals surface area contributed by atoms with Gasteiger partial charge in [0, 0.05) is 19.1 Å². The molecule has 0 bridgehead atoms. The van der Waals surface area contributed by atoms with E-state index in [0.717, 1.165) is 38.5 Å². The number of likely N-dealkylation sites (tertiary alicyclic amines) is 1. The summed E-state index contributed by atoms with van der Waals surface area (Å²) in [5, 5.41) is 6.05. The predicted molar refractivity (Wildman–Crippen MR) is 81.0 cm³/mol. The molecule has 0 saturated carbocycles. The van der Waals surface area contributed by atoms with E-state index in [-0.39, 0.29) is 17.5 Å². The van der Waals surface area contributed by atoms with E-state index in [1.54, 1.807) is 0 Å². The molecule has 0 aliphatic carbocycles. The molecule has 0 aromatic carbocycles. The van der Waals surface area contributed by atoms with Crippen LogP contribution in [-0.2, 0) is 0 Å². The van der Waals surface area contributed by atoms with Gasteiger partial charge < -0.3 is 15.5 Å². The summed E-state index contributed by atoms with van der Waals surface area (Å²) < 4.78 is 13.4. The molecule has 2 N–H and O–H groups in total. The second kappa shape index (κ2) is 7.36. The van der Waals surface area contributed by atoms with Crippen molar-refractivity contribution in [3.63, 3.8) is 0 Å². The molecule has 1 aromatic heterocycles. The van der Waals surface area contributed by atoms with Crippen molar-refractivity contribution in [1.82, 2.24) is 15.2 Å². The topological polar surface area (TPSA) is 57.3 Å². The molecule has 0 radical (unpaired) electrons. The minimum Gasteiger partial charge on any atom is -0.369 e. The quantitative estimate of drug-likeness (QED) is 0.870. The van der Waals surface area contributed by atoms with Crippen molar-refractivity contribution < 1.29 is 9.18 Å². The van der Waals surface area contributed by atoms with E-state index >= 15 is 0 Å². The van der Waals surface area contributed by atoms with E-state index < -0.39 is 5.82 Å². The molecular formula is C15H23FN4O. The van der Waals surface area contributed by atoms with Gasteiger partial charge in [-0.25, -0.2) is 9.37 Å². The van der Waals surface area contributed by atoms with Crippen LogP contribution in [0.5, 0.6) is 0 Å². The molecule has 1 aliphatic rings. The lowest BCUT2D eigenvalue weighted by atomic mass is 10.1. The van der Waals surface area contributed by atoms with E-state index in [1.807, 2.05) is 14.0 Å². The van der Waals surface area contributed by atoms with Crippen LogP contribution in [0.2, 0.25) is 0 Å². The molecule has 5 nitrogen and oxygen atoms in total. The summed E-state index contributed by atoms with van der Waals surface area (Å²) in [5.41, 5.74) is 0.275. The zero-order valence-electron chi connectivity index (χ0n) is 12.7. The van der Waals surface area contributed by atoms with Crippen LogP contribution >= 0.6 is 0 Å². The highest BCUT2D eigenvalue weighted by molar-refractivity contribution is 5.98. The highest BCUT2D eigenvalue weighted by Gasteiger charge is 2.21. The Labute approximate surface area is 124 Å². The van der Waals surface area contributed by atoms with E-state index in [4.69, 9.17) is 0 Å². The van der Waals surface area contributed by atoms with Crippen molar-refractivity contribution in [3.8, 4) is 0 Å². The molecule has 21 heavy (non-hydrogen) atoms. The van der Waals surface area contributed by atoms with Crippen molar-refractivity contribution in [3.05, 3.63) is 23.6 Å². The van der Waals surface area contributed by atoms with Crippen molar-refractivity contribution in [1.29, 1.82) is 0 Å². The monoisotopic (exact) mass is 294 g/mol. The summed E-state index contributed by atoms with van der Waals surface area (Å²) in [5.74, 6) is -0.316. The summed E-state index contributed by atoms with van der Waals surface area (Å²) in [7, 11) is 2.04. The smallest absolute Gasteiger partial charge is 0.255 e. The number of pyridine rings is 1. The molecule has 116 valence electrons. The van der Waals surface area contributed by atoms with Gasteiger partial charge in [-0.2, -0.15) is 0 Å². The number of nitrogens with zero attached hydrogens (tertiary/aromatic N) is 2. The van der Waals surface area contributed by atoms with E-state index in [0.29, 0.717) is 12.4 Å². The highest BCUT2D eigenvalue weighted by Crippen LogP contribution is 2.15. The van der Waals surface area contributed by atoms with E-state index in [1.165, 1.54) is 6.07 Å². The number of aromatic nitrogens is 1. The third-order valence-electron chi connectivity index (χ3n) is 3.60. The number of likely N-dealkylation sites (N-methyl/N-ethyl adjacent to an activating group) is 1. The van der Waals surface area contributed by atoms with Crippen LogP contribution in [0, 0.1) is 5.82 Å². The normalized spacial score (nSPS) is 19.3. The Morgan fingerprint density at radius 2 is 2.38 bits per heavy atom. The van der Waals surface area contributed by atoms with Gasteiger partial charge in [0.15, 0.2) is 0 Å². The van der Waals surface area contributed by atoms with Gasteiger partial charge in [0.2, 0.25) is 0 Å². The van der Waals surface area contributed by atoms with Crippen molar-refractivity contribution >= 4 is 11.7 Å². The lowest BCUT2D eigenvalue weighted by Gasteiger charge is -2.30. The van der Waals surface area contributed by atoms with Gasteiger partial charge in [0.25, 0.3) is 5.91 Å². The van der Waals surface area contributed by atoms with Crippen LogP contribution in [0.3, 0.4) is 0 Å². The standard InChI is InChI=1S/C15H23FN4O/c1-3-6-17-14-13(8-11(16)9-18-14)15(21)19-12-5-4-7-20(2)10-12/h8-9,12H,3-7,10H2,1-2H3,(H,17,18)(H,19,21). The van der Waals surface area contributed by atoms with E-state index in [2.05, 4.69) is 20.5 Å². The summed E-state index contributed by atoms with van der Waals surface area (Å²) in [6.45, 7) is 4.60. The Bertz CT molecular complexity index is 495. The Kier molecular flexibility index (Phi) is 5.50. The first kappa shape index (κ1) is 15.7. The number of halogens is 1. The molecule has 1 aliphatic heterocycles. The maximum Gasteiger partial charge on any atom is 0.255 e. The van der Waals surface area contributed by atoms with Gasteiger partial charge in [-0.05, 0) is 38.9 Å². The maximum absolute atomic E-state index is 13.4. The van der Waals surface area contributed by atoms with Gasteiger partial charge in [-0.3, -0.25) is 4.79 Å². The van der Waals surface area contributed by atoms with Crippen LogP contribution in [0.15, 0.2) is 12.3 Å². The molecule has 6 heteroatoms. The molecule has 1 fully saturated rings. The Morgan fingerprint density at radius 3 is 3.10 bits per heavy atom. The lowest BCUT2D eigenvalue weighted by Crippen LogP contribution is -2.46. The van der Waals surface area contributed by atoms with Crippen molar-refractivity contribution in [2.45, 2.75) is 32.2 Å². The molecule has 1 unspecified atom stereocenters. The molecule has 0 spiro atoms. The number of piperidine rings is 1. The average Bonchev–Trinajstić information content (AvgIpc) is 2.46. The Morgan fingerprint density at radius 1 is 1.57 bits per heavy atom. The fourth-order valence-corrected chi connectivity index (χ4v) is 2.54. The number of amides is 1. The molecule has 1 amide bonds. The van der Waals surface area contributed by atoms with Gasteiger partial charge >= 0.3 is 0 Å². The van der Waals surface area contributed by atoms with Crippen LogP contribution < -0.4 is 10.6 Å². The third-order valence-corrected chi connectivity index (χ3v) is 3.60. The second-order valence-electron chi connectivity index (χ2n) is 5.55. The van der Waals surface area contributed by atoms with Gasteiger partial charge in [-0.15, -0.1) is 0 Å². The van der Waals surface area contributed by atoms with Gasteiger partial charge in [-0.1, -0.05) is 6.92 Å². The summed E-state index contributed by atoms with van der Waals surface area (Å²) in [6, 6.07) is 1.35. The number of carbonyl (C=O) groups is 1. The van der Waals surface area contributed by atoms with Crippen LogP contribution in [0.25, 0.3) is 0 Å². The predicted octanol–water partition coefficient (Wildman–Crippen LogP) is 1.87. The first-order chi connectivity index (χ1) is 10.1. The summed E-state index contributed by atoms with van der Waals surface area (Å²) >= 11 is 0. The fourth-order valence-electron chi connectivity index (χ4n) is 2.54. The first-order valence-electron chi connectivity index (χ1n) is 7.49. The van der Waals surface area contributed by atoms with Gasteiger partial charge in [0.1, 0.15) is 11.6 Å².